The number of nitrogens with one attached hydrogen (secondary N) is 4. The molecule has 0 bridgehead atoms. The SMILES string of the molecule is COCCNc1cc(NC(C)c2ccc(F)cn2)nc2c(-c3ccc[nH]c3=O)n[nH]c12. The number of hydrogen-bond donors (Lipinski definition) is 4. The molecule has 0 fully saturated rings. The van der Waals surface area contributed by atoms with Gasteiger partial charge < -0.3 is 20.4 Å². The Bertz CT molecular complexity index is 1240. The maximum Gasteiger partial charge on any atom is 0.257 e. The number of anilines is 2. The molecule has 0 spiro atoms. The summed E-state index contributed by atoms with van der Waals surface area (Å²) in [6.45, 7) is 2.99. The molecular formula is C21H22FN7O2. The number of rotatable bonds is 8. The second-order valence-corrected chi connectivity index (χ2v) is 6.95. The highest BCUT2D eigenvalue weighted by molar-refractivity contribution is 5.98. The standard InChI is InChI=1S/C21H22FN7O2/c1-12(15-6-5-13(22)11-25-15)26-17-10-16(23-8-9-31-2)19-20(27-17)18(28-29-19)14-4-3-7-24-21(14)30/h3-7,10-12H,8-9H2,1-2H3,(H,24,30)(H,28,29)(H2,23,26,27). The van der Waals surface area contributed by atoms with E-state index in [4.69, 9.17) is 9.72 Å². The van der Waals surface area contributed by atoms with Crippen molar-refractivity contribution < 1.29 is 9.13 Å². The minimum Gasteiger partial charge on any atom is -0.383 e. The number of ether oxygens (including phenoxy) is 1. The number of aromatic amines is 2. The molecule has 31 heavy (non-hydrogen) atoms. The van der Waals surface area contributed by atoms with E-state index in [0.717, 1.165) is 5.69 Å². The normalized spacial score (nSPS) is 12.1. The lowest BCUT2D eigenvalue weighted by Crippen LogP contribution is -2.12. The van der Waals surface area contributed by atoms with Gasteiger partial charge in [-0.15, -0.1) is 0 Å². The van der Waals surface area contributed by atoms with Crippen LogP contribution in [0.2, 0.25) is 0 Å². The molecule has 1 atom stereocenters. The molecule has 0 amide bonds. The summed E-state index contributed by atoms with van der Waals surface area (Å²) in [6, 6.07) is 8.03. The molecular weight excluding hydrogens is 401 g/mol. The van der Waals surface area contributed by atoms with Crippen LogP contribution in [-0.4, -0.2) is 45.4 Å². The Labute approximate surface area is 177 Å². The number of halogens is 1. The van der Waals surface area contributed by atoms with Gasteiger partial charge in [-0.3, -0.25) is 14.9 Å². The van der Waals surface area contributed by atoms with Crippen LogP contribution in [-0.2, 0) is 4.74 Å². The van der Waals surface area contributed by atoms with Crippen LogP contribution < -0.4 is 16.2 Å². The van der Waals surface area contributed by atoms with Crippen LogP contribution in [0.4, 0.5) is 15.9 Å². The zero-order valence-corrected chi connectivity index (χ0v) is 17.1. The van der Waals surface area contributed by atoms with Crippen molar-refractivity contribution in [3.63, 3.8) is 0 Å². The van der Waals surface area contributed by atoms with E-state index in [9.17, 15) is 9.18 Å². The smallest absolute Gasteiger partial charge is 0.257 e. The van der Waals surface area contributed by atoms with Crippen molar-refractivity contribution in [1.82, 2.24) is 25.1 Å². The van der Waals surface area contributed by atoms with Crippen LogP contribution in [0, 0.1) is 5.82 Å². The fourth-order valence-corrected chi connectivity index (χ4v) is 3.23. The molecule has 0 saturated carbocycles. The fourth-order valence-electron chi connectivity index (χ4n) is 3.23. The molecule has 4 aromatic heterocycles. The molecule has 0 aromatic carbocycles. The Balaban J connectivity index is 1.75. The third kappa shape index (κ3) is 4.38. The van der Waals surface area contributed by atoms with E-state index in [1.54, 1.807) is 31.5 Å². The lowest BCUT2D eigenvalue weighted by molar-refractivity contribution is 0.211. The van der Waals surface area contributed by atoms with E-state index in [-0.39, 0.29) is 11.6 Å². The Morgan fingerprint density at radius 2 is 2.16 bits per heavy atom. The van der Waals surface area contributed by atoms with E-state index < -0.39 is 5.82 Å². The molecule has 0 radical (unpaired) electrons. The zero-order valence-electron chi connectivity index (χ0n) is 17.1. The van der Waals surface area contributed by atoms with Gasteiger partial charge in [0, 0.05) is 25.9 Å². The number of H-pyrrole nitrogens is 2. The lowest BCUT2D eigenvalue weighted by Gasteiger charge is -2.16. The fraction of sp³-hybridized carbons (Fsp3) is 0.238. The van der Waals surface area contributed by atoms with E-state index in [2.05, 4.69) is 30.8 Å². The van der Waals surface area contributed by atoms with Gasteiger partial charge in [0.25, 0.3) is 5.56 Å². The molecule has 160 valence electrons. The number of hydrogen-bond acceptors (Lipinski definition) is 7. The van der Waals surface area contributed by atoms with Crippen LogP contribution in [0.5, 0.6) is 0 Å². The second kappa shape index (κ2) is 8.92. The van der Waals surface area contributed by atoms with Crippen molar-refractivity contribution >= 4 is 22.5 Å². The number of nitrogens with zero attached hydrogens (tertiary/aromatic N) is 3. The topological polar surface area (TPSA) is 121 Å². The monoisotopic (exact) mass is 423 g/mol. The first-order chi connectivity index (χ1) is 15.1. The van der Waals surface area contributed by atoms with E-state index in [0.29, 0.717) is 47.0 Å². The third-order valence-corrected chi connectivity index (χ3v) is 4.78. The van der Waals surface area contributed by atoms with Crippen molar-refractivity contribution in [2.45, 2.75) is 13.0 Å². The van der Waals surface area contributed by atoms with E-state index in [1.165, 1.54) is 12.3 Å². The molecule has 0 saturated heterocycles. The van der Waals surface area contributed by atoms with Gasteiger partial charge in [-0.05, 0) is 31.2 Å². The average Bonchev–Trinajstić information content (AvgIpc) is 3.18. The maximum absolute atomic E-state index is 13.2. The molecule has 9 nitrogen and oxygen atoms in total. The van der Waals surface area contributed by atoms with Crippen molar-refractivity contribution in [2.24, 2.45) is 0 Å². The Morgan fingerprint density at radius 1 is 1.29 bits per heavy atom. The molecule has 4 rings (SSSR count). The Morgan fingerprint density at radius 3 is 2.90 bits per heavy atom. The molecule has 0 aliphatic carbocycles. The van der Waals surface area contributed by atoms with Crippen LogP contribution in [0.3, 0.4) is 0 Å². The lowest BCUT2D eigenvalue weighted by atomic mass is 10.1. The molecule has 4 aromatic rings. The minimum absolute atomic E-state index is 0.229. The molecule has 4 N–H and O–H groups in total. The molecule has 10 heteroatoms. The number of fused-ring (bicyclic) bond motifs is 1. The summed E-state index contributed by atoms with van der Waals surface area (Å²) in [5.41, 5.74) is 3.25. The number of pyridine rings is 3. The summed E-state index contributed by atoms with van der Waals surface area (Å²) in [5.74, 6) is 0.164. The molecule has 0 aliphatic heterocycles. The van der Waals surface area contributed by atoms with Crippen LogP contribution in [0.1, 0.15) is 18.7 Å². The largest absolute Gasteiger partial charge is 0.383 e. The van der Waals surface area contributed by atoms with Gasteiger partial charge in [0.2, 0.25) is 0 Å². The maximum atomic E-state index is 13.2. The summed E-state index contributed by atoms with van der Waals surface area (Å²) >= 11 is 0. The average molecular weight is 423 g/mol. The van der Waals surface area contributed by atoms with Crippen LogP contribution >= 0.6 is 0 Å². The molecule has 0 aliphatic rings. The zero-order chi connectivity index (χ0) is 21.8. The van der Waals surface area contributed by atoms with Crippen molar-refractivity contribution in [2.75, 3.05) is 30.9 Å². The Hall–Kier alpha value is -3.79. The first-order valence-corrected chi connectivity index (χ1v) is 9.75. The summed E-state index contributed by atoms with van der Waals surface area (Å²) < 4.78 is 18.3. The van der Waals surface area contributed by atoms with Gasteiger partial charge in [-0.1, -0.05) is 0 Å². The number of methoxy groups -OCH3 is 1. The first-order valence-electron chi connectivity index (χ1n) is 9.75. The van der Waals surface area contributed by atoms with E-state index in [1.807, 2.05) is 13.0 Å². The first kappa shape index (κ1) is 20.5. The minimum atomic E-state index is -0.392. The van der Waals surface area contributed by atoms with Gasteiger partial charge in [0.05, 0.1) is 35.8 Å². The number of aromatic nitrogens is 5. The highest BCUT2D eigenvalue weighted by Crippen LogP contribution is 2.31. The van der Waals surface area contributed by atoms with Gasteiger partial charge in [-0.25, -0.2) is 9.37 Å². The predicted octanol–water partition coefficient (Wildman–Crippen LogP) is 3.08. The highest BCUT2D eigenvalue weighted by Gasteiger charge is 2.18. The van der Waals surface area contributed by atoms with Crippen molar-refractivity contribution in [1.29, 1.82) is 0 Å². The van der Waals surface area contributed by atoms with Crippen LogP contribution in [0.15, 0.2) is 47.5 Å². The molecule has 1 unspecified atom stereocenters. The van der Waals surface area contributed by atoms with Gasteiger partial charge >= 0.3 is 0 Å². The second-order valence-electron chi connectivity index (χ2n) is 6.95. The molecule has 4 heterocycles. The summed E-state index contributed by atoms with van der Waals surface area (Å²) in [4.78, 5) is 23.8. The van der Waals surface area contributed by atoms with Crippen molar-refractivity contribution in [3.05, 3.63) is 64.6 Å². The van der Waals surface area contributed by atoms with Crippen molar-refractivity contribution in [3.8, 4) is 11.3 Å². The summed E-state index contributed by atoms with van der Waals surface area (Å²) in [6.07, 6.45) is 2.74. The van der Waals surface area contributed by atoms with Gasteiger partial charge in [0.15, 0.2) is 0 Å². The highest BCUT2D eigenvalue weighted by atomic mass is 19.1. The van der Waals surface area contributed by atoms with Crippen LogP contribution in [0.25, 0.3) is 22.3 Å². The quantitative estimate of drug-likeness (QED) is 0.321. The Kier molecular flexibility index (Phi) is 5.89. The van der Waals surface area contributed by atoms with Gasteiger partial charge in [-0.2, -0.15) is 5.10 Å². The van der Waals surface area contributed by atoms with Gasteiger partial charge in [0.1, 0.15) is 28.4 Å². The summed E-state index contributed by atoms with van der Waals surface area (Å²) in [7, 11) is 1.63. The summed E-state index contributed by atoms with van der Waals surface area (Å²) in [5, 5.41) is 13.9. The van der Waals surface area contributed by atoms with E-state index >= 15 is 0 Å². The predicted molar refractivity (Wildman–Crippen MR) is 117 cm³/mol. The third-order valence-electron chi connectivity index (χ3n) is 4.78.